The molecule has 2 rings (SSSR count). The number of carbonyl (C=O) groups is 1. The van der Waals surface area contributed by atoms with Crippen LogP contribution < -0.4 is 9.47 Å². The largest absolute Gasteiger partial charge is 0.497 e. The minimum Gasteiger partial charge on any atom is -0.497 e. The van der Waals surface area contributed by atoms with Crippen LogP contribution in [-0.4, -0.2) is 25.3 Å². The summed E-state index contributed by atoms with van der Waals surface area (Å²) in [4.78, 5) is 12.3. The first-order valence-corrected chi connectivity index (χ1v) is 7.29. The third-order valence-corrected chi connectivity index (χ3v) is 4.01. The van der Waals surface area contributed by atoms with E-state index in [0.29, 0.717) is 11.5 Å². The van der Waals surface area contributed by atoms with Gasteiger partial charge in [0.2, 0.25) is 0 Å². The van der Waals surface area contributed by atoms with E-state index >= 15 is 0 Å². The van der Waals surface area contributed by atoms with E-state index in [-0.39, 0.29) is 5.56 Å². The highest BCUT2D eigenvalue weighted by molar-refractivity contribution is 7.98. The molecule has 0 saturated heterocycles. The van der Waals surface area contributed by atoms with Crippen molar-refractivity contribution in [2.24, 2.45) is 0 Å². The molecule has 0 fully saturated rings. The van der Waals surface area contributed by atoms with E-state index in [0.717, 1.165) is 16.2 Å². The summed E-state index contributed by atoms with van der Waals surface area (Å²) in [5.74, 6) is 0.871. The Kier molecular flexibility index (Phi) is 5.11. The van der Waals surface area contributed by atoms with Gasteiger partial charge in [0.1, 0.15) is 17.1 Å². The zero-order valence-electron chi connectivity index (χ0n) is 11.8. The molecule has 110 valence electrons. The Morgan fingerprint density at radius 1 is 1.14 bits per heavy atom. The SMILES string of the molecule is COc1cccc(SCc2ccc(OC)c(C(=O)O)c2)c1. The van der Waals surface area contributed by atoms with Gasteiger partial charge in [-0.15, -0.1) is 11.8 Å². The van der Waals surface area contributed by atoms with Gasteiger partial charge in [-0.05, 0) is 35.9 Å². The summed E-state index contributed by atoms with van der Waals surface area (Å²) >= 11 is 1.62. The number of thioether (sulfide) groups is 1. The summed E-state index contributed by atoms with van der Waals surface area (Å²) in [6.45, 7) is 0. The zero-order valence-corrected chi connectivity index (χ0v) is 12.6. The number of aromatic carboxylic acids is 1. The van der Waals surface area contributed by atoms with Crippen LogP contribution in [0.2, 0.25) is 0 Å². The van der Waals surface area contributed by atoms with Crippen LogP contribution in [0.1, 0.15) is 15.9 Å². The molecule has 4 nitrogen and oxygen atoms in total. The molecule has 1 N–H and O–H groups in total. The lowest BCUT2D eigenvalue weighted by Gasteiger charge is -2.08. The molecule has 0 bridgehead atoms. The van der Waals surface area contributed by atoms with Crippen molar-refractivity contribution in [3.05, 3.63) is 53.6 Å². The Bertz CT molecular complexity index is 640. The predicted octanol–water partition coefficient (Wildman–Crippen LogP) is 3.69. The van der Waals surface area contributed by atoms with E-state index < -0.39 is 5.97 Å². The molecule has 0 unspecified atom stereocenters. The van der Waals surface area contributed by atoms with Gasteiger partial charge in [0.25, 0.3) is 0 Å². The van der Waals surface area contributed by atoms with Gasteiger partial charge in [-0.1, -0.05) is 12.1 Å². The number of hydrogen-bond donors (Lipinski definition) is 1. The molecule has 0 aliphatic heterocycles. The number of ether oxygens (including phenoxy) is 2. The number of hydrogen-bond acceptors (Lipinski definition) is 4. The van der Waals surface area contributed by atoms with Crippen molar-refractivity contribution in [3.63, 3.8) is 0 Å². The standard InChI is InChI=1S/C16H16O4S/c1-19-12-4-3-5-13(9-12)21-10-11-6-7-15(20-2)14(8-11)16(17)18/h3-9H,10H2,1-2H3,(H,17,18). The van der Waals surface area contributed by atoms with Crippen LogP contribution in [-0.2, 0) is 5.75 Å². The lowest BCUT2D eigenvalue weighted by molar-refractivity contribution is 0.0693. The summed E-state index contributed by atoms with van der Waals surface area (Å²) < 4.78 is 10.2. The van der Waals surface area contributed by atoms with E-state index in [1.807, 2.05) is 30.3 Å². The summed E-state index contributed by atoms with van der Waals surface area (Å²) in [6, 6.07) is 13.0. The highest BCUT2D eigenvalue weighted by atomic mass is 32.2. The molecule has 21 heavy (non-hydrogen) atoms. The highest BCUT2D eigenvalue weighted by Crippen LogP contribution is 2.28. The maximum absolute atomic E-state index is 11.2. The van der Waals surface area contributed by atoms with E-state index in [1.165, 1.54) is 7.11 Å². The van der Waals surface area contributed by atoms with Gasteiger partial charge in [0, 0.05) is 10.6 Å². The van der Waals surface area contributed by atoms with Crippen molar-refractivity contribution in [2.75, 3.05) is 14.2 Å². The van der Waals surface area contributed by atoms with Gasteiger partial charge in [0.05, 0.1) is 14.2 Å². The first-order chi connectivity index (χ1) is 10.1. The third-order valence-electron chi connectivity index (χ3n) is 2.94. The first kappa shape index (κ1) is 15.3. The molecule has 0 aliphatic rings. The summed E-state index contributed by atoms with van der Waals surface area (Å²) in [7, 11) is 3.10. The number of carboxylic acid groups (broad SMARTS) is 1. The average Bonchev–Trinajstić information content (AvgIpc) is 2.52. The second kappa shape index (κ2) is 7.04. The monoisotopic (exact) mass is 304 g/mol. The van der Waals surface area contributed by atoms with E-state index in [9.17, 15) is 9.90 Å². The fraction of sp³-hybridized carbons (Fsp3) is 0.188. The Morgan fingerprint density at radius 2 is 1.95 bits per heavy atom. The maximum atomic E-state index is 11.2. The molecule has 0 radical (unpaired) electrons. The van der Waals surface area contributed by atoms with Crippen LogP contribution in [0.4, 0.5) is 0 Å². The topological polar surface area (TPSA) is 55.8 Å². The lowest BCUT2D eigenvalue weighted by atomic mass is 10.1. The summed E-state index contributed by atoms with van der Waals surface area (Å²) in [6.07, 6.45) is 0. The van der Waals surface area contributed by atoms with Crippen LogP contribution in [0.5, 0.6) is 11.5 Å². The number of benzene rings is 2. The molecule has 0 atom stereocenters. The first-order valence-electron chi connectivity index (χ1n) is 6.31. The molecule has 0 spiro atoms. The molecule has 0 aliphatic carbocycles. The molecule has 0 saturated carbocycles. The minimum absolute atomic E-state index is 0.182. The van der Waals surface area contributed by atoms with Gasteiger partial charge in [-0.25, -0.2) is 4.79 Å². The minimum atomic E-state index is -0.986. The zero-order chi connectivity index (χ0) is 15.2. The van der Waals surface area contributed by atoms with Crippen LogP contribution in [0, 0.1) is 0 Å². The third kappa shape index (κ3) is 3.92. The van der Waals surface area contributed by atoms with Crippen molar-refractivity contribution >= 4 is 17.7 Å². The van der Waals surface area contributed by atoms with Gasteiger partial charge in [-0.2, -0.15) is 0 Å². The normalized spacial score (nSPS) is 10.2. The van der Waals surface area contributed by atoms with Gasteiger partial charge < -0.3 is 14.6 Å². The summed E-state index contributed by atoms with van der Waals surface area (Å²) in [5.41, 5.74) is 1.11. The molecular formula is C16H16O4S. The average molecular weight is 304 g/mol. The fourth-order valence-corrected chi connectivity index (χ4v) is 2.76. The molecule has 2 aromatic rings. The molecule has 0 heterocycles. The molecular weight excluding hydrogens is 288 g/mol. The van der Waals surface area contributed by atoms with Crippen LogP contribution in [0.3, 0.4) is 0 Å². The van der Waals surface area contributed by atoms with Gasteiger partial charge in [-0.3, -0.25) is 0 Å². The molecule has 0 amide bonds. The van der Waals surface area contributed by atoms with E-state index in [1.54, 1.807) is 31.0 Å². The number of methoxy groups -OCH3 is 2. The summed E-state index contributed by atoms with van der Waals surface area (Å²) in [5, 5.41) is 9.17. The van der Waals surface area contributed by atoms with Crippen LogP contribution in [0.15, 0.2) is 47.4 Å². The van der Waals surface area contributed by atoms with E-state index in [2.05, 4.69) is 0 Å². The van der Waals surface area contributed by atoms with Crippen molar-refractivity contribution < 1.29 is 19.4 Å². The molecule has 5 heteroatoms. The maximum Gasteiger partial charge on any atom is 0.339 e. The quantitative estimate of drug-likeness (QED) is 0.825. The van der Waals surface area contributed by atoms with Crippen molar-refractivity contribution in [1.82, 2.24) is 0 Å². The lowest BCUT2D eigenvalue weighted by Crippen LogP contribution is -2.01. The number of carboxylic acids is 1. The predicted molar refractivity (Wildman–Crippen MR) is 82.5 cm³/mol. The van der Waals surface area contributed by atoms with Crippen LogP contribution >= 0.6 is 11.8 Å². The van der Waals surface area contributed by atoms with E-state index in [4.69, 9.17) is 9.47 Å². The fourth-order valence-electron chi connectivity index (χ4n) is 1.87. The van der Waals surface area contributed by atoms with Gasteiger partial charge in [0.15, 0.2) is 0 Å². The second-order valence-corrected chi connectivity index (χ2v) is 5.36. The number of rotatable bonds is 6. The van der Waals surface area contributed by atoms with Crippen LogP contribution in [0.25, 0.3) is 0 Å². The Morgan fingerprint density at radius 3 is 2.62 bits per heavy atom. The Balaban J connectivity index is 2.12. The smallest absolute Gasteiger partial charge is 0.339 e. The van der Waals surface area contributed by atoms with Gasteiger partial charge >= 0.3 is 5.97 Å². The Labute approximate surface area is 127 Å². The molecule has 2 aromatic carbocycles. The Hall–Kier alpha value is -2.14. The van der Waals surface area contributed by atoms with Crippen molar-refractivity contribution in [3.8, 4) is 11.5 Å². The highest BCUT2D eigenvalue weighted by Gasteiger charge is 2.11. The molecule has 0 aromatic heterocycles. The second-order valence-electron chi connectivity index (χ2n) is 4.31. The van der Waals surface area contributed by atoms with Crippen molar-refractivity contribution in [1.29, 1.82) is 0 Å². The van der Waals surface area contributed by atoms with Crippen molar-refractivity contribution in [2.45, 2.75) is 10.6 Å².